The number of nitriles is 1. The predicted octanol–water partition coefficient (Wildman–Crippen LogP) is 3.75. The minimum Gasteiger partial charge on any atom is -0.352 e. The normalized spacial score (nSPS) is 14.3. The molecule has 0 radical (unpaired) electrons. The molecule has 6 heteroatoms. The first-order chi connectivity index (χ1) is 13.8. The van der Waals surface area contributed by atoms with Crippen molar-refractivity contribution in [1.82, 2.24) is 15.2 Å². The summed E-state index contributed by atoms with van der Waals surface area (Å²) in [5.74, 6) is 0.687. The second-order valence-electron chi connectivity index (χ2n) is 7.88. The highest BCUT2D eigenvalue weighted by molar-refractivity contribution is 5.76. The predicted molar refractivity (Wildman–Crippen MR) is 115 cm³/mol. The van der Waals surface area contributed by atoms with Crippen LogP contribution >= 0.6 is 0 Å². The van der Waals surface area contributed by atoms with E-state index in [0.29, 0.717) is 37.6 Å². The first-order valence-electron chi connectivity index (χ1n) is 9.75. The zero-order valence-electron chi connectivity index (χ0n) is 17.3. The van der Waals surface area contributed by atoms with Gasteiger partial charge in [0, 0.05) is 32.4 Å². The molecule has 1 aromatic heterocycles. The average Bonchev–Trinajstić information content (AvgIpc) is 2.73. The summed E-state index contributed by atoms with van der Waals surface area (Å²) in [6, 6.07) is 13.7. The van der Waals surface area contributed by atoms with Gasteiger partial charge in [-0.3, -0.25) is 0 Å². The summed E-state index contributed by atoms with van der Waals surface area (Å²) in [7, 11) is 0. The molecule has 2 aromatic rings. The molecule has 0 spiro atoms. The number of nitrogens with one attached hydrogen (secondary N) is 1. The molecule has 1 aliphatic heterocycles. The molecule has 1 saturated heterocycles. The number of carbonyl (C=O) groups excluding carboxylic acids is 1. The lowest BCUT2D eigenvalue weighted by atomic mass is 9.92. The van der Waals surface area contributed by atoms with E-state index in [4.69, 9.17) is 0 Å². The molecular formula is C23H27N5O. The van der Waals surface area contributed by atoms with Crippen molar-refractivity contribution in [2.45, 2.75) is 26.3 Å². The number of rotatable bonds is 4. The quantitative estimate of drug-likeness (QED) is 0.864. The van der Waals surface area contributed by atoms with Crippen LogP contribution in [-0.4, -0.2) is 42.1 Å². The van der Waals surface area contributed by atoms with Gasteiger partial charge in [-0.05, 0) is 50.1 Å². The molecule has 1 aliphatic rings. The molecule has 2 amide bonds. The number of hydrogen-bond acceptors (Lipinski definition) is 4. The van der Waals surface area contributed by atoms with Crippen LogP contribution in [0.25, 0.3) is 5.57 Å². The zero-order valence-corrected chi connectivity index (χ0v) is 17.3. The fourth-order valence-electron chi connectivity index (χ4n) is 3.45. The van der Waals surface area contributed by atoms with Crippen molar-refractivity contribution in [1.29, 1.82) is 5.26 Å². The number of nitrogens with zero attached hydrogens (tertiary/aromatic N) is 4. The third kappa shape index (κ3) is 4.57. The van der Waals surface area contributed by atoms with Crippen LogP contribution in [0, 0.1) is 11.3 Å². The summed E-state index contributed by atoms with van der Waals surface area (Å²) < 4.78 is 0. The van der Waals surface area contributed by atoms with E-state index in [9.17, 15) is 10.1 Å². The molecular weight excluding hydrogens is 362 g/mol. The lowest BCUT2D eigenvalue weighted by molar-refractivity contribution is 0.183. The summed E-state index contributed by atoms with van der Waals surface area (Å²) in [4.78, 5) is 21.1. The maximum absolute atomic E-state index is 12.9. The SMILES string of the molecule is C=C(C)c1cccc(C(C)(C)NC(=O)N2CCN(c3ncccc3C#N)CC2)c1. The lowest BCUT2D eigenvalue weighted by Gasteiger charge is -2.38. The largest absolute Gasteiger partial charge is 0.352 e. The first kappa shape index (κ1) is 20.4. The molecule has 0 saturated carbocycles. The van der Waals surface area contributed by atoms with E-state index >= 15 is 0 Å². The Kier molecular flexibility index (Phi) is 5.88. The van der Waals surface area contributed by atoms with Crippen molar-refractivity contribution in [3.63, 3.8) is 0 Å². The highest BCUT2D eigenvalue weighted by Crippen LogP contribution is 2.24. The third-order valence-corrected chi connectivity index (χ3v) is 5.27. The number of urea groups is 1. The van der Waals surface area contributed by atoms with E-state index in [0.717, 1.165) is 16.7 Å². The molecule has 0 aliphatic carbocycles. The second kappa shape index (κ2) is 8.36. The number of benzene rings is 1. The number of carbonyl (C=O) groups is 1. The highest BCUT2D eigenvalue weighted by Gasteiger charge is 2.28. The van der Waals surface area contributed by atoms with Crippen LogP contribution in [0.15, 0.2) is 49.2 Å². The van der Waals surface area contributed by atoms with Crippen molar-refractivity contribution in [2.75, 3.05) is 31.1 Å². The summed E-state index contributed by atoms with van der Waals surface area (Å²) >= 11 is 0. The monoisotopic (exact) mass is 389 g/mol. The Bertz CT molecular complexity index is 952. The van der Waals surface area contributed by atoms with Gasteiger partial charge in [0.15, 0.2) is 0 Å². The number of amides is 2. The van der Waals surface area contributed by atoms with Crippen LogP contribution < -0.4 is 10.2 Å². The number of pyridine rings is 1. The van der Waals surface area contributed by atoms with Crippen LogP contribution in [0.3, 0.4) is 0 Å². The molecule has 1 aromatic carbocycles. The molecule has 1 N–H and O–H groups in total. The number of allylic oxidation sites excluding steroid dienone is 1. The Morgan fingerprint density at radius 2 is 1.93 bits per heavy atom. The van der Waals surface area contributed by atoms with Crippen molar-refractivity contribution in [3.8, 4) is 6.07 Å². The molecule has 150 valence electrons. The summed E-state index contributed by atoms with van der Waals surface area (Å²) in [6.45, 7) is 12.4. The van der Waals surface area contributed by atoms with Gasteiger partial charge in [-0.2, -0.15) is 5.26 Å². The van der Waals surface area contributed by atoms with Crippen molar-refractivity contribution < 1.29 is 4.79 Å². The van der Waals surface area contributed by atoms with E-state index in [1.165, 1.54) is 0 Å². The molecule has 6 nitrogen and oxygen atoms in total. The molecule has 0 bridgehead atoms. The van der Waals surface area contributed by atoms with Gasteiger partial charge in [-0.15, -0.1) is 0 Å². The van der Waals surface area contributed by atoms with Crippen molar-refractivity contribution in [2.24, 2.45) is 0 Å². The molecule has 1 fully saturated rings. The maximum Gasteiger partial charge on any atom is 0.318 e. The van der Waals surface area contributed by atoms with Gasteiger partial charge in [0.2, 0.25) is 0 Å². The smallest absolute Gasteiger partial charge is 0.318 e. The van der Waals surface area contributed by atoms with Crippen LogP contribution in [-0.2, 0) is 5.54 Å². The first-order valence-corrected chi connectivity index (χ1v) is 9.75. The summed E-state index contributed by atoms with van der Waals surface area (Å²) in [5, 5.41) is 12.4. The van der Waals surface area contributed by atoms with Crippen LogP contribution in [0.1, 0.15) is 37.5 Å². The Labute approximate surface area is 172 Å². The van der Waals surface area contributed by atoms with Crippen LogP contribution in [0.2, 0.25) is 0 Å². The summed E-state index contributed by atoms with van der Waals surface area (Å²) in [6.07, 6.45) is 1.69. The molecule has 2 heterocycles. The van der Waals surface area contributed by atoms with Gasteiger partial charge in [-0.1, -0.05) is 30.4 Å². The molecule has 29 heavy (non-hydrogen) atoms. The van der Waals surface area contributed by atoms with Crippen molar-refractivity contribution >= 4 is 17.4 Å². The van der Waals surface area contributed by atoms with E-state index < -0.39 is 5.54 Å². The summed E-state index contributed by atoms with van der Waals surface area (Å²) in [5.41, 5.74) is 3.16. The van der Waals surface area contributed by atoms with Gasteiger partial charge < -0.3 is 15.1 Å². The molecule has 0 unspecified atom stereocenters. The van der Waals surface area contributed by atoms with Gasteiger partial charge in [-0.25, -0.2) is 9.78 Å². The maximum atomic E-state index is 12.9. The molecule has 3 rings (SSSR count). The minimum atomic E-state index is -0.505. The highest BCUT2D eigenvalue weighted by atomic mass is 16.2. The molecule has 0 atom stereocenters. The Morgan fingerprint density at radius 3 is 2.59 bits per heavy atom. The average molecular weight is 390 g/mol. The zero-order chi connectivity index (χ0) is 21.0. The third-order valence-electron chi connectivity index (χ3n) is 5.27. The van der Waals surface area contributed by atoms with E-state index in [-0.39, 0.29) is 6.03 Å². The standard InChI is InChI=1S/C23H27N5O/c1-17(2)18-7-5-9-20(15-18)23(3,4)26-22(29)28-13-11-27(12-14-28)21-19(16-24)8-6-10-25-21/h5-10,15H,1,11-14H2,2-4H3,(H,26,29). The number of hydrogen-bond donors (Lipinski definition) is 1. The second-order valence-corrected chi connectivity index (χ2v) is 7.88. The Hall–Kier alpha value is -3.33. The van der Waals surface area contributed by atoms with Gasteiger partial charge in [0.1, 0.15) is 11.9 Å². The number of aromatic nitrogens is 1. The van der Waals surface area contributed by atoms with Crippen LogP contribution in [0.5, 0.6) is 0 Å². The number of piperazine rings is 1. The Balaban J connectivity index is 1.64. The number of anilines is 1. The van der Waals surface area contributed by atoms with Crippen molar-refractivity contribution in [3.05, 3.63) is 65.9 Å². The minimum absolute atomic E-state index is 0.0862. The Morgan fingerprint density at radius 1 is 1.21 bits per heavy atom. The van der Waals surface area contributed by atoms with E-state index in [1.807, 2.05) is 43.9 Å². The van der Waals surface area contributed by atoms with E-state index in [1.54, 1.807) is 18.3 Å². The van der Waals surface area contributed by atoms with Gasteiger partial charge in [0.25, 0.3) is 0 Å². The lowest BCUT2D eigenvalue weighted by Crippen LogP contribution is -2.55. The van der Waals surface area contributed by atoms with Gasteiger partial charge in [0.05, 0.1) is 11.1 Å². The van der Waals surface area contributed by atoms with Gasteiger partial charge >= 0.3 is 6.03 Å². The fourth-order valence-corrected chi connectivity index (χ4v) is 3.45. The van der Waals surface area contributed by atoms with E-state index in [2.05, 4.69) is 33.9 Å². The van der Waals surface area contributed by atoms with Crippen LogP contribution in [0.4, 0.5) is 10.6 Å². The topological polar surface area (TPSA) is 72.3 Å². The fraction of sp³-hybridized carbons (Fsp3) is 0.348.